The molecule has 16 heavy (non-hydrogen) atoms. The first kappa shape index (κ1) is 9.43. The van der Waals surface area contributed by atoms with Gasteiger partial charge < -0.3 is 0 Å². The molecule has 3 aromatic rings. The Morgan fingerprint density at radius 2 is 1.94 bits per heavy atom. The molecule has 2 heterocycles. The van der Waals surface area contributed by atoms with Crippen molar-refractivity contribution in [3.05, 3.63) is 59.8 Å². The molecule has 0 atom stereocenters. The summed E-state index contributed by atoms with van der Waals surface area (Å²) in [5.41, 5.74) is 3.06. The Balaban J connectivity index is 2.19. The number of nitrogens with zero attached hydrogens (tertiary/aromatic N) is 2. The van der Waals surface area contributed by atoms with Gasteiger partial charge in [0.15, 0.2) is 0 Å². The lowest BCUT2D eigenvalue weighted by Gasteiger charge is -1.95. The minimum atomic E-state index is 0.731. The van der Waals surface area contributed by atoms with Crippen LogP contribution >= 0.6 is 11.6 Å². The van der Waals surface area contributed by atoms with Gasteiger partial charge in [-0.2, -0.15) is 5.10 Å². The van der Waals surface area contributed by atoms with Crippen molar-refractivity contribution in [2.45, 2.75) is 0 Å². The number of pyridine rings is 1. The largest absolute Gasteiger partial charge is 0.240 e. The fourth-order valence-corrected chi connectivity index (χ4v) is 1.92. The molecule has 2 aromatic heterocycles. The summed E-state index contributed by atoms with van der Waals surface area (Å²) in [6.45, 7) is 0. The van der Waals surface area contributed by atoms with Crippen LogP contribution in [0.15, 0.2) is 54.7 Å². The van der Waals surface area contributed by atoms with E-state index >= 15 is 0 Å². The lowest BCUT2D eigenvalue weighted by molar-refractivity contribution is 0.966. The molecule has 0 aliphatic rings. The topological polar surface area (TPSA) is 17.3 Å². The van der Waals surface area contributed by atoms with Gasteiger partial charge in [0.1, 0.15) is 0 Å². The second kappa shape index (κ2) is 3.65. The van der Waals surface area contributed by atoms with Crippen LogP contribution in [-0.2, 0) is 0 Å². The molecular weight excluding hydrogens is 220 g/mol. The first-order chi connectivity index (χ1) is 7.83. The first-order valence-corrected chi connectivity index (χ1v) is 5.41. The fourth-order valence-electron chi connectivity index (χ4n) is 1.73. The van der Waals surface area contributed by atoms with Crippen LogP contribution in [0.5, 0.6) is 0 Å². The maximum Gasteiger partial charge on any atom is 0.0934 e. The molecule has 0 aliphatic carbocycles. The summed E-state index contributed by atoms with van der Waals surface area (Å²) >= 11 is 5.96. The van der Waals surface area contributed by atoms with Crippen molar-refractivity contribution in [1.29, 1.82) is 0 Å². The number of fused-ring (bicyclic) bond motifs is 1. The van der Waals surface area contributed by atoms with Crippen molar-refractivity contribution in [1.82, 2.24) is 9.61 Å². The Bertz CT molecular complexity index is 610. The van der Waals surface area contributed by atoms with Crippen LogP contribution in [0.3, 0.4) is 0 Å². The zero-order chi connectivity index (χ0) is 11.0. The van der Waals surface area contributed by atoms with Crippen molar-refractivity contribution in [3.8, 4) is 11.3 Å². The van der Waals surface area contributed by atoms with Gasteiger partial charge in [0.25, 0.3) is 0 Å². The predicted octanol–water partition coefficient (Wildman–Crippen LogP) is 3.65. The average molecular weight is 229 g/mol. The summed E-state index contributed by atoms with van der Waals surface area (Å²) in [7, 11) is 0. The van der Waals surface area contributed by atoms with E-state index in [1.54, 1.807) is 0 Å². The normalized spacial score (nSPS) is 10.8. The van der Waals surface area contributed by atoms with Gasteiger partial charge in [-0.1, -0.05) is 29.8 Å². The van der Waals surface area contributed by atoms with Gasteiger partial charge in [-0.05, 0) is 30.3 Å². The lowest BCUT2D eigenvalue weighted by atomic mass is 10.1. The second-order valence-electron chi connectivity index (χ2n) is 3.61. The van der Waals surface area contributed by atoms with Gasteiger partial charge in [0, 0.05) is 16.8 Å². The van der Waals surface area contributed by atoms with E-state index < -0.39 is 0 Å². The van der Waals surface area contributed by atoms with Gasteiger partial charge in [0.2, 0.25) is 0 Å². The fraction of sp³-hybridized carbons (Fsp3) is 0. The molecule has 0 amide bonds. The zero-order valence-corrected chi connectivity index (χ0v) is 9.22. The van der Waals surface area contributed by atoms with Crippen LogP contribution in [0.4, 0.5) is 0 Å². The molecule has 0 radical (unpaired) electrons. The van der Waals surface area contributed by atoms with Crippen LogP contribution in [0.2, 0.25) is 5.02 Å². The van der Waals surface area contributed by atoms with E-state index in [4.69, 9.17) is 11.6 Å². The van der Waals surface area contributed by atoms with Crippen molar-refractivity contribution in [2.24, 2.45) is 0 Å². The number of halogens is 1. The molecule has 0 fully saturated rings. The first-order valence-electron chi connectivity index (χ1n) is 5.03. The zero-order valence-electron chi connectivity index (χ0n) is 8.47. The molecule has 0 bridgehead atoms. The summed E-state index contributed by atoms with van der Waals surface area (Å²) < 4.78 is 1.86. The Labute approximate surface area is 98.1 Å². The van der Waals surface area contributed by atoms with Crippen molar-refractivity contribution < 1.29 is 0 Å². The second-order valence-corrected chi connectivity index (χ2v) is 4.05. The summed E-state index contributed by atoms with van der Waals surface area (Å²) in [6.07, 6.45) is 1.93. The van der Waals surface area contributed by atoms with Gasteiger partial charge in [-0.3, -0.25) is 0 Å². The molecule has 1 aromatic carbocycles. The van der Waals surface area contributed by atoms with Crippen molar-refractivity contribution >= 4 is 17.1 Å². The van der Waals surface area contributed by atoms with E-state index in [-0.39, 0.29) is 0 Å². The van der Waals surface area contributed by atoms with Gasteiger partial charge in [0.05, 0.1) is 11.2 Å². The van der Waals surface area contributed by atoms with E-state index in [1.807, 2.05) is 59.2 Å². The summed E-state index contributed by atoms with van der Waals surface area (Å²) in [6, 6.07) is 15.8. The molecule has 0 aliphatic heterocycles. The Morgan fingerprint density at radius 1 is 1.00 bits per heavy atom. The standard InChI is InChI=1S/C13H9ClN2/c14-11-5-3-4-10(8-11)13-9-12-6-1-2-7-16(12)15-13/h1-9H. The van der Waals surface area contributed by atoms with E-state index in [9.17, 15) is 0 Å². The third-order valence-electron chi connectivity index (χ3n) is 2.49. The number of hydrogen-bond donors (Lipinski definition) is 0. The maximum absolute atomic E-state index is 5.96. The molecule has 0 N–H and O–H groups in total. The Hall–Kier alpha value is -1.80. The highest BCUT2D eigenvalue weighted by Gasteiger charge is 2.03. The van der Waals surface area contributed by atoms with Crippen LogP contribution in [-0.4, -0.2) is 9.61 Å². The summed E-state index contributed by atoms with van der Waals surface area (Å²) in [4.78, 5) is 0. The Morgan fingerprint density at radius 3 is 2.75 bits per heavy atom. The third-order valence-corrected chi connectivity index (χ3v) is 2.73. The molecule has 0 spiro atoms. The molecular formula is C13H9ClN2. The minimum absolute atomic E-state index is 0.731. The summed E-state index contributed by atoms with van der Waals surface area (Å²) in [5.74, 6) is 0. The van der Waals surface area contributed by atoms with E-state index in [0.717, 1.165) is 21.8 Å². The van der Waals surface area contributed by atoms with E-state index in [2.05, 4.69) is 5.10 Å². The number of rotatable bonds is 1. The van der Waals surface area contributed by atoms with E-state index in [1.165, 1.54) is 0 Å². The SMILES string of the molecule is Clc1cccc(-c2cc3ccccn3n2)c1. The minimum Gasteiger partial charge on any atom is -0.240 e. The highest BCUT2D eigenvalue weighted by molar-refractivity contribution is 6.30. The number of hydrogen-bond acceptors (Lipinski definition) is 1. The maximum atomic E-state index is 5.96. The van der Waals surface area contributed by atoms with Gasteiger partial charge in [-0.25, -0.2) is 4.52 Å². The van der Waals surface area contributed by atoms with Crippen molar-refractivity contribution in [3.63, 3.8) is 0 Å². The predicted molar refractivity (Wildman–Crippen MR) is 65.6 cm³/mol. The molecule has 2 nitrogen and oxygen atoms in total. The molecule has 3 rings (SSSR count). The Kier molecular flexibility index (Phi) is 2.15. The van der Waals surface area contributed by atoms with Crippen LogP contribution < -0.4 is 0 Å². The monoisotopic (exact) mass is 228 g/mol. The molecule has 0 unspecified atom stereocenters. The molecule has 0 saturated carbocycles. The van der Waals surface area contributed by atoms with Gasteiger partial charge >= 0.3 is 0 Å². The summed E-state index contributed by atoms with van der Waals surface area (Å²) in [5, 5.41) is 5.21. The van der Waals surface area contributed by atoms with Crippen LogP contribution in [0, 0.1) is 0 Å². The van der Waals surface area contributed by atoms with Crippen LogP contribution in [0.1, 0.15) is 0 Å². The highest BCUT2D eigenvalue weighted by Crippen LogP contribution is 2.22. The third kappa shape index (κ3) is 1.57. The van der Waals surface area contributed by atoms with Crippen molar-refractivity contribution in [2.75, 3.05) is 0 Å². The smallest absolute Gasteiger partial charge is 0.0934 e. The van der Waals surface area contributed by atoms with E-state index in [0.29, 0.717) is 0 Å². The average Bonchev–Trinajstić information content (AvgIpc) is 2.72. The number of aromatic nitrogens is 2. The van der Waals surface area contributed by atoms with Gasteiger partial charge in [-0.15, -0.1) is 0 Å². The molecule has 3 heteroatoms. The number of benzene rings is 1. The molecule has 0 saturated heterocycles. The lowest BCUT2D eigenvalue weighted by Crippen LogP contribution is -1.84. The molecule has 78 valence electrons. The highest BCUT2D eigenvalue weighted by atomic mass is 35.5. The quantitative estimate of drug-likeness (QED) is 0.621. The van der Waals surface area contributed by atoms with Crippen LogP contribution in [0.25, 0.3) is 16.8 Å².